The maximum absolute atomic E-state index is 13.2. The molecule has 2 N–H and O–H groups in total. The summed E-state index contributed by atoms with van der Waals surface area (Å²) >= 11 is 9.33. The first-order valence-electron chi connectivity index (χ1n) is 10.5. The largest absolute Gasteiger partial charge is 0.468 e. The predicted octanol–water partition coefficient (Wildman–Crippen LogP) is 1.43. The SMILES string of the molecule is COC(=O)CNC(=O)C(CS)N(C(=O)CNC(=S)CC(=O)c1ccccc1)C(=O)c1ccccc1. The van der Waals surface area contributed by atoms with Gasteiger partial charge in [-0.25, -0.2) is 0 Å². The number of esters is 1. The second-order valence-electron chi connectivity index (χ2n) is 7.17. The zero-order valence-corrected chi connectivity index (χ0v) is 20.6. The zero-order chi connectivity index (χ0) is 25.8. The number of imide groups is 1. The van der Waals surface area contributed by atoms with Crippen LogP contribution in [-0.4, -0.2) is 71.4 Å². The van der Waals surface area contributed by atoms with Gasteiger partial charge in [0, 0.05) is 16.9 Å². The van der Waals surface area contributed by atoms with Crippen molar-refractivity contribution in [3.8, 4) is 0 Å². The number of nitrogens with one attached hydrogen (secondary N) is 2. The second kappa shape index (κ2) is 14.0. The third-order valence-electron chi connectivity index (χ3n) is 4.78. The van der Waals surface area contributed by atoms with Gasteiger partial charge in [0.15, 0.2) is 5.78 Å². The number of hydrogen-bond donors (Lipinski definition) is 3. The molecule has 0 heterocycles. The van der Waals surface area contributed by atoms with Crippen LogP contribution in [0.4, 0.5) is 0 Å². The van der Waals surface area contributed by atoms with E-state index in [4.69, 9.17) is 12.2 Å². The number of ketones is 1. The minimum absolute atomic E-state index is 0.108. The number of thiocarbonyl (C=S) groups is 1. The lowest BCUT2D eigenvalue weighted by atomic mass is 10.1. The van der Waals surface area contributed by atoms with E-state index in [0.717, 1.165) is 12.0 Å². The van der Waals surface area contributed by atoms with E-state index in [0.29, 0.717) is 5.56 Å². The van der Waals surface area contributed by atoms with Gasteiger partial charge in [0.1, 0.15) is 12.6 Å². The molecule has 0 saturated carbocycles. The van der Waals surface area contributed by atoms with Gasteiger partial charge in [-0.05, 0) is 12.1 Å². The van der Waals surface area contributed by atoms with Crippen molar-refractivity contribution in [2.24, 2.45) is 0 Å². The highest BCUT2D eigenvalue weighted by Gasteiger charge is 2.34. The van der Waals surface area contributed by atoms with E-state index in [9.17, 15) is 24.0 Å². The van der Waals surface area contributed by atoms with Gasteiger partial charge in [0.05, 0.1) is 25.1 Å². The topological polar surface area (TPSA) is 122 Å². The summed E-state index contributed by atoms with van der Waals surface area (Å²) in [7, 11) is 1.16. The molecule has 11 heteroatoms. The van der Waals surface area contributed by atoms with E-state index in [-0.39, 0.29) is 28.5 Å². The van der Waals surface area contributed by atoms with E-state index in [2.05, 4.69) is 28.0 Å². The molecule has 0 aliphatic heterocycles. The van der Waals surface area contributed by atoms with Crippen LogP contribution < -0.4 is 10.6 Å². The Morgan fingerprint density at radius 3 is 2.03 bits per heavy atom. The van der Waals surface area contributed by atoms with Crippen LogP contribution in [0.15, 0.2) is 60.7 Å². The number of carbonyl (C=O) groups is 5. The number of Topliss-reactive ketones (excluding diaryl/α,β-unsaturated/α-hetero) is 1. The number of rotatable bonds is 11. The monoisotopic (exact) mass is 515 g/mol. The van der Waals surface area contributed by atoms with Gasteiger partial charge in [-0.2, -0.15) is 12.6 Å². The summed E-state index contributed by atoms with van der Waals surface area (Å²) in [6, 6.07) is 15.2. The number of thiol groups is 1. The van der Waals surface area contributed by atoms with Gasteiger partial charge in [-0.1, -0.05) is 60.7 Å². The number of methoxy groups -OCH3 is 1. The van der Waals surface area contributed by atoms with Crippen LogP contribution in [0.5, 0.6) is 0 Å². The van der Waals surface area contributed by atoms with Crippen LogP contribution in [0, 0.1) is 0 Å². The minimum Gasteiger partial charge on any atom is -0.468 e. The van der Waals surface area contributed by atoms with Crippen molar-refractivity contribution >= 4 is 59.3 Å². The van der Waals surface area contributed by atoms with E-state index < -0.39 is 42.8 Å². The van der Waals surface area contributed by atoms with Crippen LogP contribution in [0.3, 0.4) is 0 Å². The smallest absolute Gasteiger partial charge is 0.325 e. The van der Waals surface area contributed by atoms with Crippen LogP contribution >= 0.6 is 24.8 Å². The lowest BCUT2D eigenvalue weighted by molar-refractivity contribution is -0.142. The number of nitrogens with zero attached hydrogens (tertiary/aromatic N) is 1. The predicted molar refractivity (Wildman–Crippen MR) is 136 cm³/mol. The second-order valence-corrected chi connectivity index (χ2v) is 8.03. The average molecular weight is 516 g/mol. The van der Waals surface area contributed by atoms with Gasteiger partial charge >= 0.3 is 5.97 Å². The number of carbonyl (C=O) groups excluding carboxylic acids is 5. The molecule has 0 fully saturated rings. The summed E-state index contributed by atoms with van der Waals surface area (Å²) < 4.78 is 4.50. The van der Waals surface area contributed by atoms with Crippen molar-refractivity contribution in [3.63, 3.8) is 0 Å². The van der Waals surface area contributed by atoms with E-state index in [1.54, 1.807) is 48.5 Å². The molecule has 1 unspecified atom stereocenters. The van der Waals surface area contributed by atoms with E-state index in [1.165, 1.54) is 12.1 Å². The van der Waals surface area contributed by atoms with Crippen molar-refractivity contribution in [2.45, 2.75) is 12.5 Å². The van der Waals surface area contributed by atoms with Crippen molar-refractivity contribution in [1.29, 1.82) is 0 Å². The Morgan fingerprint density at radius 1 is 0.914 bits per heavy atom. The van der Waals surface area contributed by atoms with E-state index >= 15 is 0 Å². The molecule has 0 aliphatic carbocycles. The summed E-state index contributed by atoms with van der Waals surface area (Å²) in [6.45, 7) is -0.876. The molecule has 0 saturated heterocycles. The average Bonchev–Trinajstić information content (AvgIpc) is 2.89. The van der Waals surface area contributed by atoms with Crippen molar-refractivity contribution in [3.05, 3.63) is 71.8 Å². The Balaban J connectivity index is 2.15. The molecule has 0 aromatic heterocycles. The molecule has 3 amide bonds. The molecule has 0 radical (unpaired) electrons. The maximum atomic E-state index is 13.2. The normalized spacial score (nSPS) is 11.0. The third-order valence-corrected chi connectivity index (χ3v) is 5.42. The maximum Gasteiger partial charge on any atom is 0.325 e. The van der Waals surface area contributed by atoms with E-state index in [1.807, 2.05) is 0 Å². The Labute approximate surface area is 213 Å². The molecular formula is C24H25N3O6S2. The summed E-state index contributed by atoms with van der Waals surface area (Å²) in [5.41, 5.74) is 0.650. The fourth-order valence-electron chi connectivity index (χ4n) is 2.97. The number of ether oxygens (including phenoxy) is 1. The Kier molecular flexibility index (Phi) is 11.0. The highest BCUT2D eigenvalue weighted by atomic mass is 32.1. The molecule has 0 spiro atoms. The third kappa shape index (κ3) is 8.30. The molecule has 2 aromatic rings. The van der Waals surface area contributed by atoms with Gasteiger partial charge in [-0.3, -0.25) is 28.9 Å². The standard InChI is InChI=1S/C24H25N3O6S2/c1-33-22(30)14-26-23(31)18(15-34)27(24(32)17-10-6-3-7-11-17)21(29)13-25-20(35)12-19(28)16-8-4-2-5-9-16/h2-11,18,34H,12-15H2,1H3,(H,25,35)(H,26,31). The number of hydrogen-bond acceptors (Lipinski definition) is 8. The molecule has 184 valence electrons. The van der Waals surface area contributed by atoms with Gasteiger partial charge < -0.3 is 15.4 Å². The molecular weight excluding hydrogens is 490 g/mol. The van der Waals surface area contributed by atoms with Crippen molar-refractivity contribution in [2.75, 3.05) is 26.0 Å². The zero-order valence-electron chi connectivity index (χ0n) is 18.9. The first-order valence-corrected chi connectivity index (χ1v) is 11.5. The van der Waals surface area contributed by atoms with Gasteiger partial charge in [-0.15, -0.1) is 0 Å². The Hall–Kier alpha value is -3.57. The molecule has 9 nitrogen and oxygen atoms in total. The van der Waals surface area contributed by atoms with Gasteiger partial charge in [0.25, 0.3) is 5.91 Å². The van der Waals surface area contributed by atoms with Crippen LogP contribution in [-0.2, 0) is 19.1 Å². The fraction of sp³-hybridized carbons (Fsp3) is 0.250. The molecule has 0 aliphatic rings. The minimum atomic E-state index is -1.32. The lowest BCUT2D eigenvalue weighted by Crippen LogP contribution is -2.56. The summed E-state index contributed by atoms with van der Waals surface area (Å²) in [6.07, 6.45) is -0.130. The highest BCUT2D eigenvalue weighted by molar-refractivity contribution is 7.80. The Morgan fingerprint density at radius 2 is 1.49 bits per heavy atom. The van der Waals surface area contributed by atoms with Crippen LogP contribution in [0.1, 0.15) is 27.1 Å². The molecule has 2 aromatic carbocycles. The summed E-state index contributed by atoms with van der Waals surface area (Å²) in [5, 5.41) is 5.02. The quantitative estimate of drug-likeness (QED) is 0.178. The van der Waals surface area contributed by atoms with Crippen LogP contribution in [0.2, 0.25) is 0 Å². The lowest BCUT2D eigenvalue weighted by Gasteiger charge is -2.28. The first kappa shape index (κ1) is 27.7. The summed E-state index contributed by atoms with van der Waals surface area (Å²) in [5.74, 6) is -3.38. The molecule has 35 heavy (non-hydrogen) atoms. The Bertz CT molecular complexity index is 1080. The number of benzene rings is 2. The highest BCUT2D eigenvalue weighted by Crippen LogP contribution is 2.12. The molecule has 0 bridgehead atoms. The first-order chi connectivity index (χ1) is 16.8. The van der Waals surface area contributed by atoms with Crippen LogP contribution in [0.25, 0.3) is 0 Å². The molecule has 2 rings (SSSR count). The molecule has 1 atom stereocenters. The van der Waals surface area contributed by atoms with Gasteiger partial charge in [0.2, 0.25) is 11.8 Å². The fourth-order valence-corrected chi connectivity index (χ4v) is 3.51. The number of amides is 3. The van der Waals surface area contributed by atoms with Crippen molar-refractivity contribution < 1.29 is 28.7 Å². The van der Waals surface area contributed by atoms with Crippen molar-refractivity contribution in [1.82, 2.24) is 15.5 Å². The summed E-state index contributed by atoms with van der Waals surface area (Å²) in [4.78, 5) is 63.6.